The lowest BCUT2D eigenvalue weighted by molar-refractivity contribution is 0.561. The van der Waals surface area contributed by atoms with Crippen LogP contribution in [-0.2, 0) is 16.0 Å². The lowest BCUT2D eigenvalue weighted by atomic mass is 9.77. The van der Waals surface area contributed by atoms with Gasteiger partial charge < -0.3 is 0 Å². The van der Waals surface area contributed by atoms with Crippen LogP contribution in [0.5, 0.6) is 0 Å². The van der Waals surface area contributed by atoms with Crippen molar-refractivity contribution >= 4 is 22.7 Å². The van der Waals surface area contributed by atoms with Crippen LogP contribution in [0.25, 0.3) is 0 Å². The highest BCUT2D eigenvalue weighted by Crippen LogP contribution is 2.54. The van der Waals surface area contributed by atoms with Gasteiger partial charge >= 0.3 is 0 Å². The largest absolute Gasteiger partial charge is 0.122 e. The minimum Gasteiger partial charge on any atom is -0.122 e. The Kier molecular flexibility index (Phi) is 6.77. The molecule has 0 N–H and O–H groups in total. The normalized spacial score (nSPS) is 20.5. The Balaban J connectivity index is 2.13. The van der Waals surface area contributed by atoms with Crippen LogP contribution in [0.3, 0.4) is 0 Å². The van der Waals surface area contributed by atoms with Gasteiger partial charge in [-0.05, 0) is 78.1 Å². The summed E-state index contributed by atoms with van der Waals surface area (Å²) in [6.45, 7) is 23.1. The van der Waals surface area contributed by atoms with Crippen LogP contribution in [0.1, 0.15) is 97.9 Å². The van der Waals surface area contributed by atoms with E-state index in [-0.39, 0.29) is 21.1 Å². The molecule has 0 aromatic heterocycles. The summed E-state index contributed by atoms with van der Waals surface area (Å²) < 4.78 is 0. The van der Waals surface area contributed by atoms with E-state index in [0.29, 0.717) is 0 Å². The van der Waals surface area contributed by atoms with Gasteiger partial charge in [-0.2, -0.15) is 0 Å². The van der Waals surface area contributed by atoms with Gasteiger partial charge in [-0.25, -0.2) is 0 Å². The van der Waals surface area contributed by atoms with Crippen LogP contribution in [0.2, 0.25) is 0 Å². The lowest BCUT2D eigenvalue weighted by Gasteiger charge is -2.39. The van der Waals surface area contributed by atoms with Crippen molar-refractivity contribution in [1.82, 2.24) is 0 Å². The highest BCUT2D eigenvalue weighted by molar-refractivity contribution is 7.44. The maximum atomic E-state index is 3.29. The number of rotatable bonds is 4. The zero-order valence-electron chi connectivity index (χ0n) is 21.9. The van der Waals surface area contributed by atoms with Gasteiger partial charge in [0, 0.05) is 10.3 Å². The Labute approximate surface area is 201 Å². The molecule has 0 bridgehead atoms. The summed E-state index contributed by atoms with van der Waals surface area (Å²) in [5.74, 6) is 0. The van der Waals surface area contributed by atoms with E-state index in [1.54, 1.807) is 5.57 Å². The number of benzene rings is 2. The third kappa shape index (κ3) is 4.83. The Morgan fingerprint density at radius 2 is 1.03 bits per heavy atom. The van der Waals surface area contributed by atoms with Gasteiger partial charge in [-0.15, -0.1) is 9.24 Å². The summed E-state index contributed by atoms with van der Waals surface area (Å²) in [4.78, 5) is 0. The van der Waals surface area contributed by atoms with E-state index < -0.39 is 0 Å². The number of hydrogen-bond donors (Lipinski definition) is 0. The van der Waals surface area contributed by atoms with Gasteiger partial charge in [-0.3, -0.25) is 0 Å². The third-order valence-corrected chi connectivity index (χ3v) is 10.0. The minimum absolute atomic E-state index is 0.138. The van der Waals surface area contributed by atoms with Crippen molar-refractivity contribution in [2.45, 2.75) is 96.8 Å². The summed E-state index contributed by atoms with van der Waals surface area (Å²) >= 11 is 0. The molecule has 0 fully saturated rings. The Morgan fingerprint density at radius 1 is 0.688 bits per heavy atom. The van der Waals surface area contributed by atoms with Gasteiger partial charge in [-0.1, -0.05) is 104 Å². The van der Waals surface area contributed by atoms with E-state index in [1.165, 1.54) is 41.3 Å². The molecule has 0 saturated heterocycles. The molecule has 0 nitrogen and oxygen atoms in total. The molecule has 172 valence electrons. The molecular formula is C30H42P2. The number of hydrogen-bond acceptors (Lipinski definition) is 0. The Hall–Kier alpha value is -1.22. The molecule has 32 heavy (non-hydrogen) atoms. The number of allylic oxidation sites excluding steroid dienone is 2. The van der Waals surface area contributed by atoms with Crippen molar-refractivity contribution < 1.29 is 0 Å². The molecule has 0 saturated carbocycles. The first-order valence-electron chi connectivity index (χ1n) is 11.8. The van der Waals surface area contributed by atoms with Gasteiger partial charge in [0.05, 0.1) is 0 Å². The molecule has 2 unspecified atom stereocenters. The third-order valence-electron chi connectivity index (χ3n) is 7.48. The maximum Gasteiger partial charge on any atom is 0.0359 e. The molecule has 3 rings (SSSR count). The van der Waals surface area contributed by atoms with E-state index in [2.05, 4.69) is 127 Å². The first-order valence-corrected chi connectivity index (χ1v) is 13.3. The van der Waals surface area contributed by atoms with Crippen molar-refractivity contribution in [3.8, 4) is 0 Å². The zero-order chi connectivity index (χ0) is 24.1. The maximum absolute atomic E-state index is 3.29. The van der Waals surface area contributed by atoms with Gasteiger partial charge in [0.2, 0.25) is 0 Å². The average molecular weight is 465 g/mol. The van der Waals surface area contributed by atoms with Crippen molar-refractivity contribution in [1.29, 1.82) is 0 Å². The van der Waals surface area contributed by atoms with Crippen molar-refractivity contribution in [2.24, 2.45) is 0 Å². The summed E-state index contributed by atoms with van der Waals surface area (Å²) in [6, 6.07) is 18.8. The predicted molar refractivity (Wildman–Crippen MR) is 150 cm³/mol. The quantitative estimate of drug-likeness (QED) is 0.396. The molecule has 2 heteroatoms. The van der Waals surface area contributed by atoms with Gasteiger partial charge in [0.15, 0.2) is 0 Å². The van der Waals surface area contributed by atoms with Crippen LogP contribution in [-0.4, -0.2) is 10.4 Å². The molecule has 0 radical (unpaired) electrons. The van der Waals surface area contributed by atoms with E-state index in [9.17, 15) is 0 Å². The summed E-state index contributed by atoms with van der Waals surface area (Å²) in [5.41, 5.74) is 8.89. The van der Waals surface area contributed by atoms with E-state index in [0.717, 1.165) is 6.42 Å². The molecule has 0 amide bonds. The van der Waals surface area contributed by atoms with Gasteiger partial charge in [0.1, 0.15) is 0 Å². The molecule has 2 atom stereocenters. The SMILES string of the molecule is CC1=PC(C)(CC(P)(c2ccc(C(C)(C)C)cc2)c2ccc(C(C)(C)C)cc2)C(C)=C1C. The fraction of sp³-hybridized carbons (Fsp3) is 0.500. The molecule has 2 aromatic rings. The Bertz CT molecular complexity index is 980. The Morgan fingerprint density at radius 3 is 1.31 bits per heavy atom. The summed E-state index contributed by atoms with van der Waals surface area (Å²) in [7, 11) is 4.74. The highest BCUT2D eigenvalue weighted by atomic mass is 31.1. The van der Waals surface area contributed by atoms with Crippen LogP contribution in [0, 0.1) is 0 Å². The average Bonchev–Trinajstić information content (AvgIpc) is 2.89. The van der Waals surface area contributed by atoms with E-state index in [1.807, 2.05) is 0 Å². The fourth-order valence-electron chi connectivity index (χ4n) is 4.83. The van der Waals surface area contributed by atoms with Crippen molar-refractivity contribution in [2.75, 3.05) is 0 Å². The molecular weight excluding hydrogens is 422 g/mol. The molecule has 2 aromatic carbocycles. The lowest BCUT2D eigenvalue weighted by Crippen LogP contribution is -2.31. The first-order chi connectivity index (χ1) is 14.6. The molecule has 1 aliphatic rings. The summed E-state index contributed by atoms with van der Waals surface area (Å²) in [6.07, 6.45) is 1.07. The summed E-state index contributed by atoms with van der Waals surface area (Å²) in [5, 5.41) is 1.52. The second-order valence-electron chi connectivity index (χ2n) is 12.0. The molecule has 0 spiro atoms. The second-order valence-corrected chi connectivity index (χ2v) is 14.9. The van der Waals surface area contributed by atoms with E-state index in [4.69, 9.17) is 0 Å². The smallest absolute Gasteiger partial charge is 0.0359 e. The van der Waals surface area contributed by atoms with Crippen molar-refractivity contribution in [3.63, 3.8) is 0 Å². The van der Waals surface area contributed by atoms with Crippen LogP contribution in [0.4, 0.5) is 0 Å². The van der Waals surface area contributed by atoms with Crippen LogP contribution < -0.4 is 0 Å². The van der Waals surface area contributed by atoms with Crippen LogP contribution in [0.15, 0.2) is 59.7 Å². The second kappa shape index (κ2) is 8.53. The van der Waals surface area contributed by atoms with E-state index >= 15 is 0 Å². The predicted octanol–water partition coefficient (Wildman–Crippen LogP) is 9.04. The van der Waals surface area contributed by atoms with Crippen LogP contribution >= 0.6 is 17.4 Å². The fourth-order valence-corrected chi connectivity index (χ4v) is 7.54. The topological polar surface area (TPSA) is 0 Å². The monoisotopic (exact) mass is 464 g/mol. The zero-order valence-corrected chi connectivity index (χ0v) is 23.9. The van der Waals surface area contributed by atoms with Gasteiger partial charge in [0.25, 0.3) is 0 Å². The van der Waals surface area contributed by atoms with Crippen molar-refractivity contribution in [3.05, 3.63) is 81.9 Å². The molecule has 1 heterocycles. The molecule has 0 aliphatic carbocycles. The standard InChI is InChI=1S/C30H42P2/c1-20-21(2)29(10,32-22(20)3)19-30(31,25-15-11-23(12-16-25)27(4,5)6)26-17-13-24(14-18-26)28(7,8)9/h11-18H,19,31H2,1-10H3. The minimum atomic E-state index is -0.138. The highest BCUT2D eigenvalue weighted by Gasteiger charge is 2.41. The molecule has 1 aliphatic heterocycles. The first kappa shape index (κ1) is 25.4.